The average Bonchev–Trinajstić information content (AvgIpc) is 3.21. The third-order valence-corrected chi connectivity index (χ3v) is 7.41. The van der Waals surface area contributed by atoms with Gasteiger partial charge in [-0.2, -0.15) is 0 Å². The third-order valence-electron chi connectivity index (χ3n) is 7.41. The number of fused-ring (bicyclic) bond motifs is 1. The Bertz CT molecular complexity index is 786. The quantitative estimate of drug-likeness (QED) is 0.839. The molecule has 2 saturated heterocycles. The van der Waals surface area contributed by atoms with E-state index < -0.39 is 0 Å². The summed E-state index contributed by atoms with van der Waals surface area (Å²) in [5.74, 6) is -0.148. The Kier molecular flexibility index (Phi) is 3.15. The molecule has 0 saturated carbocycles. The van der Waals surface area contributed by atoms with E-state index in [4.69, 9.17) is 4.74 Å². The van der Waals surface area contributed by atoms with Crippen molar-refractivity contribution in [3.63, 3.8) is 0 Å². The number of anilines is 1. The molecule has 2 fully saturated rings. The number of ether oxygens (including phenoxy) is 1. The van der Waals surface area contributed by atoms with Crippen LogP contribution in [0, 0.1) is 5.41 Å². The van der Waals surface area contributed by atoms with Gasteiger partial charge in [0.05, 0.1) is 18.1 Å². The van der Waals surface area contributed by atoms with Crippen LogP contribution in [0.15, 0.2) is 35.5 Å². The van der Waals surface area contributed by atoms with Gasteiger partial charge in [-0.3, -0.25) is 4.90 Å². The van der Waals surface area contributed by atoms with Crippen molar-refractivity contribution in [3.05, 3.63) is 41.1 Å². The number of benzene rings is 1. The summed E-state index contributed by atoms with van der Waals surface area (Å²) in [6.07, 6.45) is 5.50. The minimum atomic E-state index is -0.148. The number of piperidine rings is 1. The molecule has 0 radical (unpaired) electrons. The zero-order valence-corrected chi connectivity index (χ0v) is 15.1. The third kappa shape index (κ3) is 1.74. The van der Waals surface area contributed by atoms with Gasteiger partial charge in [-0.1, -0.05) is 25.1 Å². The van der Waals surface area contributed by atoms with Crippen LogP contribution in [0.4, 0.5) is 5.69 Å². The van der Waals surface area contributed by atoms with E-state index in [0.717, 1.165) is 37.1 Å². The first-order chi connectivity index (χ1) is 12.2. The van der Waals surface area contributed by atoms with Crippen molar-refractivity contribution in [1.82, 2.24) is 4.90 Å². The number of carbonyl (C=O) groups excluding carboxylic acids is 1. The van der Waals surface area contributed by atoms with E-state index in [1.165, 1.54) is 37.7 Å². The van der Waals surface area contributed by atoms with Crippen LogP contribution in [0.5, 0.6) is 0 Å². The predicted octanol–water partition coefficient (Wildman–Crippen LogP) is 3.45. The highest BCUT2D eigenvalue weighted by molar-refractivity contribution is 5.93. The molecule has 4 heteroatoms. The molecule has 1 aliphatic carbocycles. The second-order valence-corrected chi connectivity index (χ2v) is 8.17. The molecule has 1 aromatic carbocycles. The number of nitrogens with one attached hydrogen (secondary N) is 1. The second kappa shape index (κ2) is 5.10. The molecule has 0 bridgehead atoms. The van der Waals surface area contributed by atoms with Crippen LogP contribution in [-0.2, 0) is 14.9 Å². The van der Waals surface area contributed by atoms with Crippen LogP contribution >= 0.6 is 0 Å². The molecule has 1 spiro atoms. The lowest BCUT2D eigenvalue weighted by Crippen LogP contribution is -2.59. The summed E-state index contributed by atoms with van der Waals surface area (Å²) in [5.41, 5.74) is 4.71. The zero-order chi connectivity index (χ0) is 17.2. The molecule has 1 unspecified atom stereocenters. The number of nitrogens with zero attached hydrogens (tertiary/aromatic N) is 1. The fourth-order valence-electron chi connectivity index (χ4n) is 6.49. The van der Waals surface area contributed by atoms with Gasteiger partial charge in [0.25, 0.3) is 0 Å². The molecule has 4 nitrogen and oxygen atoms in total. The van der Waals surface area contributed by atoms with E-state index in [1.807, 2.05) is 0 Å². The van der Waals surface area contributed by atoms with E-state index in [1.54, 1.807) is 0 Å². The maximum absolute atomic E-state index is 12.7. The Balaban J connectivity index is 1.81. The van der Waals surface area contributed by atoms with Gasteiger partial charge in [-0.05, 0) is 62.2 Å². The molecule has 3 aliphatic heterocycles. The van der Waals surface area contributed by atoms with Gasteiger partial charge >= 0.3 is 5.97 Å². The Hall–Kier alpha value is -1.81. The number of carbonyl (C=O) groups is 1. The van der Waals surface area contributed by atoms with E-state index in [0.29, 0.717) is 6.04 Å². The highest BCUT2D eigenvalue weighted by Crippen LogP contribution is 2.65. The van der Waals surface area contributed by atoms with Gasteiger partial charge in [0.15, 0.2) is 0 Å². The number of para-hydroxylation sites is 1. The van der Waals surface area contributed by atoms with Crippen molar-refractivity contribution < 1.29 is 9.53 Å². The largest absolute Gasteiger partial charge is 0.466 e. The second-order valence-electron chi connectivity index (χ2n) is 8.17. The summed E-state index contributed by atoms with van der Waals surface area (Å²) < 4.78 is 5.22. The number of hydrogen-bond donors (Lipinski definition) is 1. The number of rotatable bonds is 2. The van der Waals surface area contributed by atoms with Gasteiger partial charge in [0.1, 0.15) is 0 Å². The van der Waals surface area contributed by atoms with E-state index in [-0.39, 0.29) is 16.8 Å². The highest BCUT2D eigenvalue weighted by Gasteiger charge is 2.65. The first kappa shape index (κ1) is 15.4. The summed E-state index contributed by atoms with van der Waals surface area (Å²) in [7, 11) is 1.51. The molecule has 3 heterocycles. The van der Waals surface area contributed by atoms with Crippen LogP contribution in [-0.4, -0.2) is 37.1 Å². The van der Waals surface area contributed by atoms with Crippen LogP contribution in [0.25, 0.3) is 0 Å². The van der Waals surface area contributed by atoms with Crippen molar-refractivity contribution in [1.29, 1.82) is 0 Å². The lowest BCUT2D eigenvalue weighted by atomic mass is 9.53. The van der Waals surface area contributed by atoms with Gasteiger partial charge in [0.2, 0.25) is 0 Å². The van der Waals surface area contributed by atoms with Gasteiger partial charge < -0.3 is 10.1 Å². The molecule has 0 aromatic heterocycles. The summed E-state index contributed by atoms with van der Waals surface area (Å²) in [6, 6.07) is 9.15. The molecule has 5 rings (SSSR count). The van der Waals surface area contributed by atoms with Crippen molar-refractivity contribution in [3.8, 4) is 0 Å². The fourth-order valence-corrected chi connectivity index (χ4v) is 6.49. The first-order valence-electron chi connectivity index (χ1n) is 9.59. The summed E-state index contributed by atoms with van der Waals surface area (Å²) in [4.78, 5) is 15.4. The van der Waals surface area contributed by atoms with E-state index >= 15 is 0 Å². The standard InChI is InChI=1S/C21H26N2O2/c1-3-20-9-6-11-23-12-10-21(19(20)23)15-7-4-5-8-16(15)22-17(21)14(13-20)18(24)25-2/h4-5,7-8,19,22H,3,6,9-13H2,1-2H3/t19-,20-,21?/m0/s1. The first-order valence-corrected chi connectivity index (χ1v) is 9.59. The average molecular weight is 338 g/mol. The maximum Gasteiger partial charge on any atom is 0.335 e. The lowest BCUT2D eigenvalue weighted by Gasteiger charge is -2.56. The Morgan fingerprint density at radius 3 is 2.96 bits per heavy atom. The van der Waals surface area contributed by atoms with Crippen LogP contribution in [0.1, 0.15) is 44.6 Å². The monoisotopic (exact) mass is 338 g/mol. The number of esters is 1. The fraction of sp³-hybridized carbons (Fsp3) is 0.571. The Morgan fingerprint density at radius 2 is 2.16 bits per heavy atom. The molecule has 0 amide bonds. The highest BCUT2D eigenvalue weighted by atomic mass is 16.5. The lowest BCUT2D eigenvalue weighted by molar-refractivity contribution is -0.137. The topological polar surface area (TPSA) is 41.6 Å². The van der Waals surface area contributed by atoms with Gasteiger partial charge in [-0.15, -0.1) is 0 Å². The molecule has 132 valence electrons. The summed E-state index contributed by atoms with van der Waals surface area (Å²) >= 11 is 0. The Morgan fingerprint density at radius 1 is 1.32 bits per heavy atom. The van der Waals surface area contributed by atoms with Crippen LogP contribution in [0.3, 0.4) is 0 Å². The van der Waals surface area contributed by atoms with Crippen molar-refractivity contribution in [2.45, 2.75) is 50.5 Å². The Labute approximate surface area is 149 Å². The molecule has 25 heavy (non-hydrogen) atoms. The maximum atomic E-state index is 12.7. The molecular weight excluding hydrogens is 312 g/mol. The minimum absolute atomic E-state index is 0.0607. The normalized spacial score (nSPS) is 35.7. The van der Waals surface area contributed by atoms with Crippen LogP contribution < -0.4 is 5.32 Å². The minimum Gasteiger partial charge on any atom is -0.466 e. The zero-order valence-electron chi connectivity index (χ0n) is 15.1. The number of hydrogen-bond acceptors (Lipinski definition) is 4. The van der Waals surface area contributed by atoms with Crippen molar-refractivity contribution in [2.24, 2.45) is 5.41 Å². The molecule has 3 atom stereocenters. The van der Waals surface area contributed by atoms with Gasteiger partial charge in [-0.25, -0.2) is 4.79 Å². The van der Waals surface area contributed by atoms with Gasteiger partial charge in [0, 0.05) is 17.4 Å². The van der Waals surface area contributed by atoms with E-state index in [2.05, 4.69) is 41.4 Å². The van der Waals surface area contributed by atoms with Crippen molar-refractivity contribution >= 4 is 11.7 Å². The molecular formula is C21H26N2O2. The predicted molar refractivity (Wildman–Crippen MR) is 97.3 cm³/mol. The molecule has 4 aliphatic rings. The summed E-state index contributed by atoms with van der Waals surface area (Å²) in [5, 5.41) is 3.65. The van der Waals surface area contributed by atoms with Crippen LogP contribution in [0.2, 0.25) is 0 Å². The smallest absolute Gasteiger partial charge is 0.335 e. The number of methoxy groups -OCH3 is 1. The SMILES string of the molecule is CC[C@]12CCCN3CCC4(C(=C(C(=O)OC)C1)Nc1ccccc14)[C@@H]32. The molecule has 1 N–H and O–H groups in total. The summed E-state index contributed by atoms with van der Waals surface area (Å²) in [6.45, 7) is 4.63. The van der Waals surface area contributed by atoms with E-state index in [9.17, 15) is 4.79 Å². The van der Waals surface area contributed by atoms with Crippen molar-refractivity contribution in [2.75, 3.05) is 25.5 Å². The molecule has 1 aromatic rings.